The van der Waals surface area contributed by atoms with Crippen LogP contribution in [-0.4, -0.2) is 17.2 Å². The zero-order valence-corrected chi connectivity index (χ0v) is 9.35. The highest BCUT2D eigenvalue weighted by Gasteiger charge is 2.08. The van der Waals surface area contributed by atoms with Crippen molar-refractivity contribution in [3.63, 3.8) is 0 Å². The van der Waals surface area contributed by atoms with Crippen molar-refractivity contribution in [3.8, 4) is 5.75 Å². The SMILES string of the molecule is C=C(CCC(C)Oc1ccccc1)C(=O)O. The van der Waals surface area contributed by atoms with E-state index >= 15 is 0 Å². The van der Waals surface area contributed by atoms with Crippen LogP contribution in [0, 0.1) is 0 Å². The third-order valence-electron chi connectivity index (χ3n) is 2.24. The van der Waals surface area contributed by atoms with Crippen LogP contribution < -0.4 is 4.74 Å². The molecule has 0 radical (unpaired) electrons. The largest absolute Gasteiger partial charge is 0.491 e. The molecule has 0 saturated carbocycles. The van der Waals surface area contributed by atoms with Crippen LogP contribution in [0.25, 0.3) is 0 Å². The Morgan fingerprint density at radius 2 is 2.06 bits per heavy atom. The maximum Gasteiger partial charge on any atom is 0.330 e. The second kappa shape index (κ2) is 5.95. The fourth-order valence-electron chi connectivity index (χ4n) is 1.27. The molecule has 0 aliphatic heterocycles. The van der Waals surface area contributed by atoms with Crippen LogP contribution in [0.1, 0.15) is 19.8 Å². The molecule has 0 aliphatic rings. The van der Waals surface area contributed by atoms with E-state index in [0.717, 1.165) is 5.75 Å². The number of carboxylic acids is 1. The van der Waals surface area contributed by atoms with Crippen LogP contribution in [0.3, 0.4) is 0 Å². The van der Waals surface area contributed by atoms with Gasteiger partial charge in [0.1, 0.15) is 5.75 Å². The quantitative estimate of drug-likeness (QED) is 0.750. The van der Waals surface area contributed by atoms with E-state index in [4.69, 9.17) is 9.84 Å². The van der Waals surface area contributed by atoms with Gasteiger partial charge < -0.3 is 9.84 Å². The summed E-state index contributed by atoms with van der Waals surface area (Å²) < 4.78 is 5.61. The Balaban J connectivity index is 2.34. The van der Waals surface area contributed by atoms with Crippen molar-refractivity contribution >= 4 is 5.97 Å². The molecule has 0 spiro atoms. The van der Waals surface area contributed by atoms with Crippen LogP contribution in [0.5, 0.6) is 5.75 Å². The summed E-state index contributed by atoms with van der Waals surface area (Å²) in [5, 5.41) is 8.64. The molecule has 0 heterocycles. The van der Waals surface area contributed by atoms with E-state index in [2.05, 4.69) is 6.58 Å². The number of rotatable bonds is 6. The fourth-order valence-corrected chi connectivity index (χ4v) is 1.27. The third-order valence-corrected chi connectivity index (χ3v) is 2.24. The van der Waals surface area contributed by atoms with E-state index in [-0.39, 0.29) is 11.7 Å². The predicted molar refractivity (Wildman–Crippen MR) is 62.5 cm³/mol. The van der Waals surface area contributed by atoms with Gasteiger partial charge in [0.15, 0.2) is 0 Å². The van der Waals surface area contributed by atoms with E-state index in [0.29, 0.717) is 12.8 Å². The van der Waals surface area contributed by atoms with Gasteiger partial charge in [-0.05, 0) is 31.9 Å². The van der Waals surface area contributed by atoms with Gasteiger partial charge in [-0.15, -0.1) is 0 Å². The monoisotopic (exact) mass is 220 g/mol. The summed E-state index contributed by atoms with van der Waals surface area (Å²) >= 11 is 0. The summed E-state index contributed by atoms with van der Waals surface area (Å²) in [6.07, 6.45) is 1.09. The van der Waals surface area contributed by atoms with Gasteiger partial charge in [-0.25, -0.2) is 4.79 Å². The summed E-state index contributed by atoms with van der Waals surface area (Å²) in [5.41, 5.74) is 0.225. The number of ether oxygens (including phenoxy) is 1. The van der Waals surface area contributed by atoms with Gasteiger partial charge in [-0.1, -0.05) is 24.8 Å². The smallest absolute Gasteiger partial charge is 0.330 e. The van der Waals surface area contributed by atoms with Gasteiger partial charge in [0.25, 0.3) is 0 Å². The Morgan fingerprint density at radius 3 is 2.62 bits per heavy atom. The van der Waals surface area contributed by atoms with Gasteiger partial charge in [0.2, 0.25) is 0 Å². The summed E-state index contributed by atoms with van der Waals surface area (Å²) in [5.74, 6) is -0.136. The van der Waals surface area contributed by atoms with Gasteiger partial charge in [0, 0.05) is 5.57 Å². The summed E-state index contributed by atoms with van der Waals surface area (Å²) in [4.78, 5) is 10.5. The molecule has 0 bridgehead atoms. The molecular formula is C13H16O3. The molecule has 1 rings (SSSR count). The van der Waals surface area contributed by atoms with Gasteiger partial charge in [-0.2, -0.15) is 0 Å². The standard InChI is InChI=1S/C13H16O3/c1-10(13(14)15)8-9-11(2)16-12-6-4-3-5-7-12/h3-7,11H,1,8-9H2,2H3,(H,14,15). The second-order valence-electron chi connectivity index (χ2n) is 3.69. The zero-order valence-electron chi connectivity index (χ0n) is 9.35. The fraction of sp³-hybridized carbons (Fsp3) is 0.308. The van der Waals surface area contributed by atoms with E-state index in [1.54, 1.807) is 0 Å². The normalized spacial score (nSPS) is 11.8. The second-order valence-corrected chi connectivity index (χ2v) is 3.69. The van der Waals surface area contributed by atoms with E-state index in [1.807, 2.05) is 37.3 Å². The number of aliphatic carboxylic acids is 1. The Kier molecular flexibility index (Phi) is 4.58. The minimum atomic E-state index is -0.938. The lowest BCUT2D eigenvalue weighted by atomic mass is 10.1. The minimum absolute atomic E-state index is 0.0153. The van der Waals surface area contributed by atoms with Crippen molar-refractivity contribution in [2.24, 2.45) is 0 Å². The molecule has 0 saturated heterocycles. The average molecular weight is 220 g/mol. The topological polar surface area (TPSA) is 46.5 Å². The van der Waals surface area contributed by atoms with Crippen molar-refractivity contribution in [2.45, 2.75) is 25.9 Å². The first-order chi connectivity index (χ1) is 7.59. The molecule has 1 aromatic carbocycles. The van der Waals surface area contributed by atoms with Crippen LogP contribution in [0.15, 0.2) is 42.5 Å². The molecule has 0 aromatic heterocycles. The lowest BCUT2D eigenvalue weighted by Gasteiger charge is -2.14. The number of para-hydroxylation sites is 1. The molecule has 3 heteroatoms. The Labute approximate surface area is 95.4 Å². The lowest BCUT2D eigenvalue weighted by molar-refractivity contribution is -0.132. The van der Waals surface area contributed by atoms with E-state index in [9.17, 15) is 4.79 Å². The zero-order chi connectivity index (χ0) is 12.0. The van der Waals surface area contributed by atoms with Crippen molar-refractivity contribution in [1.29, 1.82) is 0 Å². The molecule has 1 aromatic rings. The molecule has 16 heavy (non-hydrogen) atoms. The van der Waals surface area contributed by atoms with Gasteiger partial charge >= 0.3 is 5.97 Å². The molecule has 1 atom stereocenters. The minimum Gasteiger partial charge on any atom is -0.491 e. The van der Waals surface area contributed by atoms with Crippen LogP contribution >= 0.6 is 0 Å². The van der Waals surface area contributed by atoms with Crippen LogP contribution in [0.2, 0.25) is 0 Å². The number of hydrogen-bond acceptors (Lipinski definition) is 2. The number of carbonyl (C=O) groups is 1. The molecule has 3 nitrogen and oxygen atoms in total. The first-order valence-electron chi connectivity index (χ1n) is 5.22. The summed E-state index contributed by atoms with van der Waals surface area (Å²) in [7, 11) is 0. The Hall–Kier alpha value is -1.77. The first kappa shape index (κ1) is 12.3. The molecule has 86 valence electrons. The predicted octanol–water partition coefficient (Wildman–Crippen LogP) is 2.87. The molecule has 0 aliphatic carbocycles. The van der Waals surface area contributed by atoms with Crippen LogP contribution in [0.4, 0.5) is 0 Å². The first-order valence-corrected chi connectivity index (χ1v) is 5.22. The van der Waals surface area contributed by atoms with Gasteiger partial charge in [-0.3, -0.25) is 0 Å². The number of benzene rings is 1. The highest BCUT2D eigenvalue weighted by Crippen LogP contribution is 2.14. The van der Waals surface area contributed by atoms with Crippen molar-refractivity contribution in [2.75, 3.05) is 0 Å². The molecule has 0 amide bonds. The van der Waals surface area contributed by atoms with Crippen molar-refractivity contribution in [3.05, 3.63) is 42.5 Å². The van der Waals surface area contributed by atoms with Crippen LogP contribution in [-0.2, 0) is 4.79 Å². The Morgan fingerprint density at radius 1 is 1.44 bits per heavy atom. The highest BCUT2D eigenvalue weighted by atomic mass is 16.5. The number of hydrogen-bond donors (Lipinski definition) is 1. The van der Waals surface area contributed by atoms with Gasteiger partial charge in [0.05, 0.1) is 6.10 Å². The lowest BCUT2D eigenvalue weighted by Crippen LogP contribution is -2.13. The molecule has 0 fully saturated rings. The van der Waals surface area contributed by atoms with E-state index < -0.39 is 5.97 Å². The molecule has 1 N–H and O–H groups in total. The molecule has 1 unspecified atom stereocenters. The molecular weight excluding hydrogens is 204 g/mol. The third kappa shape index (κ3) is 4.17. The van der Waals surface area contributed by atoms with Crippen molar-refractivity contribution in [1.82, 2.24) is 0 Å². The summed E-state index contributed by atoms with van der Waals surface area (Å²) in [6.45, 7) is 5.40. The average Bonchev–Trinajstić information content (AvgIpc) is 2.27. The number of carboxylic acid groups (broad SMARTS) is 1. The van der Waals surface area contributed by atoms with Crippen molar-refractivity contribution < 1.29 is 14.6 Å². The Bertz CT molecular complexity index is 357. The maximum atomic E-state index is 10.5. The summed E-state index contributed by atoms with van der Waals surface area (Å²) in [6, 6.07) is 9.48. The highest BCUT2D eigenvalue weighted by molar-refractivity contribution is 5.85. The van der Waals surface area contributed by atoms with E-state index in [1.165, 1.54) is 0 Å². The maximum absolute atomic E-state index is 10.5.